The Hall–Kier alpha value is -3.60. The maximum absolute atomic E-state index is 12.7. The van der Waals surface area contributed by atoms with Gasteiger partial charge in [-0.2, -0.15) is 0 Å². The van der Waals surface area contributed by atoms with Gasteiger partial charge in [-0.05, 0) is 24.6 Å². The van der Waals surface area contributed by atoms with E-state index in [-0.39, 0.29) is 11.8 Å². The standard InChI is InChI=1S/C21H13N3O2/c1-9-5-4-8-12-13(9)15-17-16(20(25)24-21(17)26)14-10-6-2-3-7-11(10)22-18(14)19(15)23-12/h2-8,22-23H,1H3,(H,24,25,26). The molecule has 0 spiro atoms. The summed E-state index contributed by atoms with van der Waals surface area (Å²) in [6.07, 6.45) is 0. The fraction of sp³-hybridized carbons (Fsp3) is 0.0476. The van der Waals surface area contributed by atoms with E-state index in [1.165, 1.54) is 0 Å². The molecule has 124 valence electrons. The second-order valence-electron chi connectivity index (χ2n) is 6.83. The van der Waals surface area contributed by atoms with Crippen LogP contribution in [0, 0.1) is 6.92 Å². The highest BCUT2D eigenvalue weighted by atomic mass is 16.2. The first-order valence-corrected chi connectivity index (χ1v) is 8.48. The van der Waals surface area contributed by atoms with E-state index in [0.717, 1.165) is 49.2 Å². The Balaban J connectivity index is 2.04. The molecule has 6 rings (SSSR count). The summed E-state index contributed by atoms with van der Waals surface area (Å²) >= 11 is 0. The predicted octanol–water partition coefficient (Wildman–Crippen LogP) is 4.15. The van der Waals surface area contributed by atoms with Crippen molar-refractivity contribution < 1.29 is 9.59 Å². The van der Waals surface area contributed by atoms with Crippen LogP contribution in [0.25, 0.3) is 43.6 Å². The maximum atomic E-state index is 12.7. The number of fused-ring (bicyclic) bond motifs is 10. The highest BCUT2D eigenvalue weighted by Gasteiger charge is 2.34. The van der Waals surface area contributed by atoms with E-state index in [1.54, 1.807) is 0 Å². The molecule has 0 fully saturated rings. The van der Waals surface area contributed by atoms with Crippen LogP contribution >= 0.6 is 0 Å². The molecule has 5 aromatic rings. The minimum absolute atomic E-state index is 0.327. The Morgan fingerprint density at radius 3 is 2.19 bits per heavy atom. The van der Waals surface area contributed by atoms with Crippen molar-refractivity contribution in [2.24, 2.45) is 0 Å². The van der Waals surface area contributed by atoms with Gasteiger partial charge in [0.2, 0.25) is 0 Å². The van der Waals surface area contributed by atoms with Crippen molar-refractivity contribution in [2.75, 3.05) is 0 Å². The van der Waals surface area contributed by atoms with Gasteiger partial charge in [0.1, 0.15) is 0 Å². The van der Waals surface area contributed by atoms with Gasteiger partial charge in [-0.1, -0.05) is 30.3 Å². The largest absolute Gasteiger partial charge is 0.353 e. The van der Waals surface area contributed by atoms with Gasteiger partial charge >= 0.3 is 0 Å². The molecule has 3 N–H and O–H groups in total. The third-order valence-corrected chi connectivity index (χ3v) is 5.42. The van der Waals surface area contributed by atoms with E-state index in [2.05, 4.69) is 15.3 Å². The van der Waals surface area contributed by atoms with E-state index < -0.39 is 0 Å². The Kier molecular flexibility index (Phi) is 2.27. The fourth-order valence-electron chi connectivity index (χ4n) is 4.38. The lowest BCUT2D eigenvalue weighted by Crippen LogP contribution is -2.20. The van der Waals surface area contributed by atoms with Gasteiger partial charge in [-0.25, -0.2) is 0 Å². The minimum atomic E-state index is -0.329. The van der Waals surface area contributed by atoms with Gasteiger partial charge in [0, 0.05) is 32.6 Å². The van der Waals surface area contributed by atoms with Crippen molar-refractivity contribution >= 4 is 55.4 Å². The summed E-state index contributed by atoms with van der Waals surface area (Å²) in [6, 6.07) is 13.9. The molecule has 0 aliphatic carbocycles. The number of carbonyl (C=O) groups is 2. The molecule has 3 aromatic carbocycles. The molecule has 0 atom stereocenters. The highest BCUT2D eigenvalue weighted by Crippen LogP contribution is 2.42. The van der Waals surface area contributed by atoms with E-state index in [4.69, 9.17) is 0 Å². The molecule has 0 unspecified atom stereocenters. The zero-order valence-corrected chi connectivity index (χ0v) is 13.9. The van der Waals surface area contributed by atoms with Gasteiger partial charge < -0.3 is 9.97 Å². The molecule has 0 saturated heterocycles. The number of H-pyrrole nitrogens is 2. The molecule has 1 aliphatic rings. The monoisotopic (exact) mass is 339 g/mol. The number of rotatable bonds is 0. The van der Waals surface area contributed by atoms with Crippen LogP contribution in [0.4, 0.5) is 0 Å². The lowest BCUT2D eigenvalue weighted by molar-refractivity contribution is 0.0880. The Morgan fingerprint density at radius 2 is 1.35 bits per heavy atom. The summed E-state index contributed by atoms with van der Waals surface area (Å²) in [4.78, 5) is 32.3. The first-order chi connectivity index (χ1) is 12.6. The van der Waals surface area contributed by atoms with Crippen LogP contribution in [-0.2, 0) is 0 Å². The van der Waals surface area contributed by atoms with Gasteiger partial charge in [0.05, 0.1) is 22.2 Å². The number of benzene rings is 3. The summed E-state index contributed by atoms with van der Waals surface area (Å²) in [7, 11) is 0. The lowest BCUT2D eigenvalue weighted by atomic mass is 9.95. The molecule has 2 aromatic heterocycles. The average Bonchev–Trinajstić information content (AvgIpc) is 3.26. The topological polar surface area (TPSA) is 77.8 Å². The SMILES string of the molecule is Cc1cccc2[nH]c3c4[nH]c5ccccc5c4c4c(c3c12)C(=O)NC4=O. The van der Waals surface area contributed by atoms with Crippen LogP contribution in [0.1, 0.15) is 26.3 Å². The zero-order valence-electron chi connectivity index (χ0n) is 13.9. The number of amides is 2. The summed E-state index contributed by atoms with van der Waals surface area (Å²) in [5, 5.41) is 6.04. The number of aromatic amines is 2. The van der Waals surface area contributed by atoms with Gasteiger partial charge in [0.15, 0.2) is 0 Å². The lowest BCUT2D eigenvalue weighted by Gasteiger charge is -2.03. The van der Waals surface area contributed by atoms with Crippen molar-refractivity contribution in [2.45, 2.75) is 6.92 Å². The average molecular weight is 339 g/mol. The summed E-state index contributed by atoms with van der Waals surface area (Å²) in [5.41, 5.74) is 5.64. The Morgan fingerprint density at radius 1 is 0.692 bits per heavy atom. The molecule has 5 heteroatoms. The molecular weight excluding hydrogens is 326 g/mol. The normalized spacial score (nSPS) is 14.0. The van der Waals surface area contributed by atoms with Crippen LogP contribution in [0.15, 0.2) is 42.5 Å². The number of carbonyl (C=O) groups excluding carboxylic acids is 2. The maximum Gasteiger partial charge on any atom is 0.259 e. The van der Waals surface area contributed by atoms with E-state index in [9.17, 15) is 9.59 Å². The van der Waals surface area contributed by atoms with Crippen molar-refractivity contribution in [1.82, 2.24) is 15.3 Å². The number of imide groups is 1. The van der Waals surface area contributed by atoms with Crippen LogP contribution in [-0.4, -0.2) is 21.8 Å². The van der Waals surface area contributed by atoms with Crippen LogP contribution in [0.2, 0.25) is 0 Å². The van der Waals surface area contributed by atoms with Crippen LogP contribution in [0.5, 0.6) is 0 Å². The molecule has 1 aliphatic heterocycles. The first-order valence-electron chi connectivity index (χ1n) is 8.48. The predicted molar refractivity (Wildman–Crippen MR) is 102 cm³/mol. The number of aromatic nitrogens is 2. The quantitative estimate of drug-likeness (QED) is 0.371. The van der Waals surface area contributed by atoms with Crippen molar-refractivity contribution in [3.05, 3.63) is 59.2 Å². The van der Waals surface area contributed by atoms with E-state index in [0.29, 0.717) is 11.1 Å². The molecule has 2 amide bonds. The third kappa shape index (κ3) is 1.43. The number of hydrogen-bond acceptors (Lipinski definition) is 2. The smallest absolute Gasteiger partial charge is 0.259 e. The summed E-state index contributed by atoms with van der Waals surface area (Å²) in [6.45, 7) is 2.02. The Bertz CT molecular complexity index is 1450. The minimum Gasteiger partial charge on any atom is -0.353 e. The van der Waals surface area contributed by atoms with Crippen LogP contribution in [0.3, 0.4) is 0 Å². The van der Waals surface area contributed by atoms with E-state index >= 15 is 0 Å². The first kappa shape index (κ1) is 13.7. The van der Waals surface area contributed by atoms with Crippen molar-refractivity contribution in [3.63, 3.8) is 0 Å². The number of hydrogen-bond donors (Lipinski definition) is 3. The Labute approximate surface area is 147 Å². The number of para-hydroxylation sites is 1. The van der Waals surface area contributed by atoms with E-state index in [1.807, 2.05) is 49.4 Å². The van der Waals surface area contributed by atoms with Crippen molar-refractivity contribution in [1.29, 1.82) is 0 Å². The molecule has 5 nitrogen and oxygen atoms in total. The van der Waals surface area contributed by atoms with Gasteiger partial charge in [-0.15, -0.1) is 0 Å². The number of aryl methyl sites for hydroxylation is 1. The summed E-state index contributed by atoms with van der Waals surface area (Å²) < 4.78 is 0. The molecule has 0 bridgehead atoms. The van der Waals surface area contributed by atoms with Gasteiger partial charge in [0.25, 0.3) is 11.8 Å². The zero-order chi connectivity index (χ0) is 17.6. The molecule has 0 saturated carbocycles. The number of nitrogens with one attached hydrogen (secondary N) is 3. The molecular formula is C21H13N3O2. The van der Waals surface area contributed by atoms with Crippen LogP contribution < -0.4 is 5.32 Å². The summed E-state index contributed by atoms with van der Waals surface area (Å²) in [5.74, 6) is -0.657. The third-order valence-electron chi connectivity index (χ3n) is 5.42. The van der Waals surface area contributed by atoms with Crippen molar-refractivity contribution in [3.8, 4) is 0 Å². The molecule has 0 radical (unpaired) electrons. The van der Waals surface area contributed by atoms with Gasteiger partial charge in [-0.3, -0.25) is 14.9 Å². The second-order valence-corrected chi connectivity index (χ2v) is 6.83. The highest BCUT2D eigenvalue weighted by molar-refractivity contribution is 6.39. The molecule has 26 heavy (non-hydrogen) atoms. The second kappa shape index (κ2) is 4.32. The molecule has 3 heterocycles. The fourth-order valence-corrected chi connectivity index (χ4v) is 4.38.